The molecule has 14 nitrogen and oxygen atoms in total. The number of nitrogen functional groups attached to an aromatic ring is 1. The fourth-order valence-corrected chi connectivity index (χ4v) is 3.11. The SMILES string of the molecule is C/C(COc1ccccc1)=N\NC(=O)c1nnn(-c2nonc2N)c1CNc1ccccc1C(N)=O. The minimum absolute atomic E-state index is 0.00778. The summed E-state index contributed by atoms with van der Waals surface area (Å²) in [5, 5.41) is 22.3. The molecule has 0 saturated carbocycles. The Bertz CT molecular complexity index is 1400. The molecule has 184 valence electrons. The van der Waals surface area contributed by atoms with E-state index in [0.29, 0.717) is 17.1 Å². The van der Waals surface area contributed by atoms with Gasteiger partial charge in [0.1, 0.15) is 12.4 Å². The monoisotopic (exact) mass is 490 g/mol. The molecule has 36 heavy (non-hydrogen) atoms. The van der Waals surface area contributed by atoms with Crippen molar-refractivity contribution in [2.75, 3.05) is 17.7 Å². The Kier molecular flexibility index (Phi) is 7.14. The molecule has 2 aromatic carbocycles. The molecule has 2 amide bonds. The summed E-state index contributed by atoms with van der Waals surface area (Å²) in [6.07, 6.45) is 0. The van der Waals surface area contributed by atoms with Gasteiger partial charge in [0.05, 0.1) is 23.5 Å². The number of aromatic nitrogens is 5. The molecular weight excluding hydrogens is 468 g/mol. The fourth-order valence-electron chi connectivity index (χ4n) is 3.11. The fraction of sp³-hybridized carbons (Fsp3) is 0.136. The van der Waals surface area contributed by atoms with Crippen molar-refractivity contribution in [3.8, 4) is 11.6 Å². The number of primary amides is 1. The summed E-state index contributed by atoms with van der Waals surface area (Å²) in [7, 11) is 0. The number of nitrogens with two attached hydrogens (primary N) is 2. The van der Waals surface area contributed by atoms with Crippen LogP contribution in [0.1, 0.15) is 33.5 Å². The maximum absolute atomic E-state index is 12.9. The molecule has 0 aliphatic heterocycles. The van der Waals surface area contributed by atoms with E-state index in [1.54, 1.807) is 31.2 Å². The summed E-state index contributed by atoms with van der Waals surface area (Å²) < 4.78 is 11.5. The van der Waals surface area contributed by atoms with Crippen LogP contribution in [0.4, 0.5) is 11.5 Å². The van der Waals surface area contributed by atoms with Crippen molar-refractivity contribution in [1.29, 1.82) is 0 Å². The number of hydrogen-bond donors (Lipinski definition) is 4. The van der Waals surface area contributed by atoms with Crippen LogP contribution >= 0.6 is 0 Å². The number of rotatable bonds is 10. The third-order valence-electron chi connectivity index (χ3n) is 4.85. The number of amides is 2. The van der Waals surface area contributed by atoms with Crippen molar-refractivity contribution in [3.63, 3.8) is 0 Å². The van der Waals surface area contributed by atoms with E-state index in [0.717, 1.165) is 0 Å². The highest BCUT2D eigenvalue weighted by Crippen LogP contribution is 2.19. The first kappa shape index (κ1) is 23.9. The van der Waals surface area contributed by atoms with Crippen LogP contribution in [0.5, 0.6) is 5.75 Å². The van der Waals surface area contributed by atoms with Crippen LogP contribution in [0.2, 0.25) is 0 Å². The van der Waals surface area contributed by atoms with Gasteiger partial charge in [-0.15, -0.1) is 5.10 Å². The number of nitrogens with one attached hydrogen (secondary N) is 2. The van der Waals surface area contributed by atoms with Crippen molar-refractivity contribution >= 4 is 29.0 Å². The van der Waals surface area contributed by atoms with Gasteiger partial charge in [-0.1, -0.05) is 35.5 Å². The predicted molar refractivity (Wildman–Crippen MR) is 128 cm³/mol. The average molecular weight is 490 g/mol. The number of para-hydroxylation sites is 2. The minimum Gasteiger partial charge on any atom is -0.488 e. The zero-order chi connectivity index (χ0) is 25.5. The molecule has 0 atom stereocenters. The Morgan fingerprint density at radius 1 is 1.11 bits per heavy atom. The Morgan fingerprint density at radius 2 is 1.86 bits per heavy atom. The Balaban J connectivity index is 1.54. The first-order valence-electron chi connectivity index (χ1n) is 10.6. The lowest BCUT2D eigenvalue weighted by atomic mass is 10.1. The van der Waals surface area contributed by atoms with Crippen LogP contribution < -0.4 is 26.9 Å². The Hall–Kier alpha value is -5.27. The number of hydrogen-bond acceptors (Lipinski definition) is 11. The molecule has 6 N–H and O–H groups in total. The number of anilines is 2. The molecule has 0 aliphatic rings. The van der Waals surface area contributed by atoms with E-state index in [2.05, 4.69) is 41.1 Å². The topological polar surface area (TPSA) is 201 Å². The van der Waals surface area contributed by atoms with Crippen LogP contribution in [0.25, 0.3) is 5.82 Å². The molecule has 4 rings (SSSR count). The van der Waals surface area contributed by atoms with Gasteiger partial charge in [0.2, 0.25) is 11.6 Å². The third-order valence-corrected chi connectivity index (χ3v) is 4.85. The van der Waals surface area contributed by atoms with E-state index in [-0.39, 0.29) is 41.7 Å². The lowest BCUT2D eigenvalue weighted by molar-refractivity contribution is 0.0947. The molecule has 14 heteroatoms. The van der Waals surface area contributed by atoms with E-state index in [1.165, 1.54) is 4.68 Å². The predicted octanol–water partition coefficient (Wildman–Crippen LogP) is 1.13. The quantitative estimate of drug-likeness (QED) is 0.184. The van der Waals surface area contributed by atoms with Crippen molar-refractivity contribution in [3.05, 3.63) is 71.5 Å². The summed E-state index contributed by atoms with van der Waals surface area (Å²) in [6.45, 7) is 1.85. The lowest BCUT2D eigenvalue weighted by Gasteiger charge is -2.11. The first-order valence-corrected chi connectivity index (χ1v) is 10.6. The molecule has 0 saturated heterocycles. The van der Waals surface area contributed by atoms with Gasteiger partial charge in [0.25, 0.3) is 11.8 Å². The highest BCUT2D eigenvalue weighted by molar-refractivity contribution is 5.98. The summed E-state index contributed by atoms with van der Waals surface area (Å²) in [5.41, 5.74) is 15.1. The average Bonchev–Trinajstić information content (AvgIpc) is 3.51. The van der Waals surface area contributed by atoms with Gasteiger partial charge in [-0.2, -0.15) is 9.78 Å². The van der Waals surface area contributed by atoms with Gasteiger partial charge in [0, 0.05) is 5.69 Å². The van der Waals surface area contributed by atoms with E-state index in [1.807, 2.05) is 30.3 Å². The molecule has 0 fully saturated rings. The lowest BCUT2D eigenvalue weighted by Crippen LogP contribution is -2.24. The second-order valence-corrected chi connectivity index (χ2v) is 7.42. The highest BCUT2D eigenvalue weighted by Gasteiger charge is 2.24. The van der Waals surface area contributed by atoms with Crippen LogP contribution in [-0.2, 0) is 6.54 Å². The number of benzene rings is 2. The summed E-state index contributed by atoms with van der Waals surface area (Å²) in [4.78, 5) is 24.7. The number of carbonyl (C=O) groups is 2. The Labute approximate surface area is 204 Å². The molecule has 2 aromatic heterocycles. The van der Waals surface area contributed by atoms with Gasteiger partial charge in [-0.3, -0.25) is 9.59 Å². The number of carbonyl (C=O) groups excluding carboxylic acids is 2. The van der Waals surface area contributed by atoms with Crippen molar-refractivity contribution in [2.24, 2.45) is 10.8 Å². The summed E-state index contributed by atoms with van der Waals surface area (Å²) in [6, 6.07) is 15.8. The number of nitrogens with zero attached hydrogens (tertiary/aromatic N) is 6. The van der Waals surface area contributed by atoms with Crippen LogP contribution in [0.3, 0.4) is 0 Å². The number of hydrazone groups is 1. The zero-order valence-corrected chi connectivity index (χ0v) is 19.1. The summed E-state index contributed by atoms with van der Waals surface area (Å²) in [5.74, 6) is -0.606. The van der Waals surface area contributed by atoms with Crippen LogP contribution in [0.15, 0.2) is 64.3 Å². The molecule has 0 bridgehead atoms. The number of ether oxygens (including phenoxy) is 1. The second-order valence-electron chi connectivity index (χ2n) is 7.42. The van der Waals surface area contributed by atoms with Gasteiger partial charge < -0.3 is 21.5 Å². The molecule has 0 radical (unpaired) electrons. The van der Waals surface area contributed by atoms with Crippen molar-refractivity contribution in [1.82, 2.24) is 30.7 Å². The molecular formula is C22H22N10O4. The molecule has 0 aliphatic carbocycles. The first-order chi connectivity index (χ1) is 17.4. The van der Waals surface area contributed by atoms with Gasteiger partial charge in [0.15, 0.2) is 5.69 Å². The summed E-state index contributed by atoms with van der Waals surface area (Å²) >= 11 is 0. The van der Waals surface area contributed by atoms with Gasteiger partial charge in [-0.25, -0.2) is 10.1 Å². The van der Waals surface area contributed by atoms with E-state index in [9.17, 15) is 9.59 Å². The van der Waals surface area contributed by atoms with Crippen molar-refractivity contribution < 1.29 is 19.0 Å². The smallest absolute Gasteiger partial charge is 0.293 e. The van der Waals surface area contributed by atoms with Crippen LogP contribution in [0, 0.1) is 0 Å². The maximum atomic E-state index is 12.9. The highest BCUT2D eigenvalue weighted by atomic mass is 16.6. The Morgan fingerprint density at radius 3 is 2.58 bits per heavy atom. The molecule has 0 spiro atoms. The minimum atomic E-state index is -0.643. The normalized spacial score (nSPS) is 11.2. The van der Waals surface area contributed by atoms with Gasteiger partial charge in [-0.05, 0) is 41.5 Å². The zero-order valence-electron chi connectivity index (χ0n) is 19.1. The molecule has 0 unspecified atom stereocenters. The van der Waals surface area contributed by atoms with E-state index < -0.39 is 11.8 Å². The van der Waals surface area contributed by atoms with E-state index >= 15 is 0 Å². The maximum Gasteiger partial charge on any atom is 0.293 e. The molecule has 4 aromatic rings. The largest absolute Gasteiger partial charge is 0.488 e. The van der Waals surface area contributed by atoms with Crippen molar-refractivity contribution in [2.45, 2.75) is 13.5 Å². The standard InChI is InChI=1S/C22H22N10O4/c1-13(12-35-14-7-3-2-4-8-14)26-28-22(34)18-17(32(31-27-18)21-19(23)29-36-30-21)11-25-16-10-6-5-9-15(16)20(24)33/h2-10,25H,11-12H2,1H3,(H2,23,29)(H2,24,33)(H,28,34)/b26-13+. The van der Waals surface area contributed by atoms with E-state index in [4.69, 9.17) is 16.2 Å². The van der Waals surface area contributed by atoms with Crippen LogP contribution in [-0.4, -0.2) is 49.4 Å². The third kappa shape index (κ3) is 5.44. The second kappa shape index (κ2) is 10.8. The molecule has 2 heterocycles. The van der Waals surface area contributed by atoms with Gasteiger partial charge >= 0.3 is 0 Å².